The minimum atomic E-state index is -1.09. The molecule has 0 aliphatic carbocycles. The van der Waals surface area contributed by atoms with Gasteiger partial charge in [0, 0.05) is 0 Å². The van der Waals surface area contributed by atoms with Gasteiger partial charge in [-0.2, -0.15) is 11.8 Å². The van der Waals surface area contributed by atoms with Crippen LogP contribution in [-0.4, -0.2) is 53.5 Å². The number of carboxylic acids is 1. The van der Waals surface area contributed by atoms with Crippen LogP contribution in [0, 0.1) is 0 Å². The van der Waals surface area contributed by atoms with Crippen LogP contribution in [0.5, 0.6) is 0 Å². The minimum absolute atomic E-state index is 0.301. The summed E-state index contributed by atoms with van der Waals surface area (Å²) in [7, 11) is 0. The molecule has 2 unspecified atom stereocenters. The number of benzene rings is 1. The van der Waals surface area contributed by atoms with Crippen molar-refractivity contribution in [3.8, 4) is 0 Å². The topological polar surface area (TPSA) is 122 Å². The number of nitrogens with one attached hydrogen (secondary N) is 2. The third-order valence-corrected chi connectivity index (χ3v) is 3.95. The first-order valence-electron chi connectivity index (χ1n) is 7.52. The summed E-state index contributed by atoms with van der Waals surface area (Å²) >= 11 is 1.50. The second-order valence-corrected chi connectivity index (χ2v) is 6.24. The van der Waals surface area contributed by atoms with Gasteiger partial charge < -0.3 is 21.5 Å². The summed E-state index contributed by atoms with van der Waals surface area (Å²) in [5.41, 5.74) is 6.73. The Labute approximate surface area is 145 Å². The molecule has 0 aliphatic heterocycles. The van der Waals surface area contributed by atoms with E-state index >= 15 is 0 Å². The Morgan fingerprint density at radius 3 is 2.50 bits per heavy atom. The van der Waals surface area contributed by atoms with Crippen LogP contribution in [0.2, 0.25) is 0 Å². The van der Waals surface area contributed by atoms with Crippen molar-refractivity contribution in [2.45, 2.75) is 24.9 Å². The Morgan fingerprint density at radius 2 is 1.92 bits per heavy atom. The van der Waals surface area contributed by atoms with Gasteiger partial charge in [0.15, 0.2) is 0 Å². The highest BCUT2D eigenvalue weighted by atomic mass is 32.2. The molecule has 0 heterocycles. The number of carbonyl (C=O) groups is 3. The van der Waals surface area contributed by atoms with Crippen molar-refractivity contribution >= 4 is 29.5 Å². The maximum Gasteiger partial charge on any atom is 0.326 e. The van der Waals surface area contributed by atoms with E-state index in [-0.39, 0.29) is 6.54 Å². The molecule has 7 nitrogen and oxygen atoms in total. The van der Waals surface area contributed by atoms with Crippen molar-refractivity contribution in [3.05, 3.63) is 35.9 Å². The van der Waals surface area contributed by atoms with E-state index in [0.29, 0.717) is 18.6 Å². The molecule has 132 valence electrons. The molecule has 0 bridgehead atoms. The van der Waals surface area contributed by atoms with Gasteiger partial charge in [0.2, 0.25) is 11.8 Å². The highest BCUT2D eigenvalue weighted by Crippen LogP contribution is 2.02. The zero-order valence-electron chi connectivity index (χ0n) is 13.5. The van der Waals surface area contributed by atoms with Gasteiger partial charge in [-0.1, -0.05) is 30.3 Å². The Kier molecular flexibility index (Phi) is 8.88. The first kappa shape index (κ1) is 20.0. The maximum absolute atomic E-state index is 11.9. The summed E-state index contributed by atoms with van der Waals surface area (Å²) in [6.07, 6.45) is 2.54. The highest BCUT2D eigenvalue weighted by molar-refractivity contribution is 7.98. The quantitative estimate of drug-likeness (QED) is 0.470. The smallest absolute Gasteiger partial charge is 0.326 e. The number of amides is 2. The molecule has 8 heteroatoms. The van der Waals surface area contributed by atoms with Crippen molar-refractivity contribution in [1.29, 1.82) is 0 Å². The maximum atomic E-state index is 11.9. The number of hydrogen-bond acceptors (Lipinski definition) is 5. The molecule has 0 aliphatic rings. The van der Waals surface area contributed by atoms with E-state index in [1.807, 2.05) is 36.6 Å². The predicted octanol–water partition coefficient (Wildman–Crippen LogP) is -0.00490. The van der Waals surface area contributed by atoms with Gasteiger partial charge in [-0.3, -0.25) is 9.59 Å². The number of hydrogen-bond donors (Lipinski definition) is 4. The first-order chi connectivity index (χ1) is 11.4. The van der Waals surface area contributed by atoms with Crippen molar-refractivity contribution in [2.24, 2.45) is 5.73 Å². The molecule has 0 aromatic heterocycles. The number of rotatable bonds is 10. The molecule has 0 saturated heterocycles. The SMILES string of the molecule is CSCCC(NC(=O)CNC(=O)C(N)Cc1ccccc1)C(=O)O. The third-order valence-electron chi connectivity index (χ3n) is 3.30. The Balaban J connectivity index is 2.39. The predicted molar refractivity (Wildman–Crippen MR) is 93.7 cm³/mol. The third kappa shape index (κ3) is 7.47. The molecule has 0 spiro atoms. The fraction of sp³-hybridized carbons (Fsp3) is 0.438. The van der Waals surface area contributed by atoms with E-state index in [4.69, 9.17) is 10.8 Å². The molecule has 0 saturated carbocycles. The standard InChI is InChI=1S/C16H23N3O4S/c1-24-8-7-13(16(22)23)19-14(20)10-18-15(21)12(17)9-11-5-3-2-4-6-11/h2-6,12-13H,7-10,17H2,1H3,(H,18,21)(H,19,20)(H,22,23). The molecule has 0 fully saturated rings. The summed E-state index contributed by atoms with van der Waals surface area (Å²) < 4.78 is 0. The van der Waals surface area contributed by atoms with Crippen LogP contribution in [0.4, 0.5) is 0 Å². The first-order valence-corrected chi connectivity index (χ1v) is 8.91. The van der Waals surface area contributed by atoms with Crippen LogP contribution in [-0.2, 0) is 20.8 Å². The van der Waals surface area contributed by atoms with Gasteiger partial charge >= 0.3 is 5.97 Å². The number of carboxylic acid groups (broad SMARTS) is 1. The summed E-state index contributed by atoms with van der Waals surface area (Å²) in [6, 6.07) is 7.58. The van der Waals surface area contributed by atoms with E-state index < -0.39 is 29.9 Å². The number of nitrogens with two attached hydrogens (primary N) is 1. The molecule has 0 radical (unpaired) electrons. The van der Waals surface area contributed by atoms with Gasteiger partial charge in [-0.15, -0.1) is 0 Å². The molecule has 1 aromatic rings. The monoisotopic (exact) mass is 353 g/mol. The summed E-state index contributed by atoms with van der Waals surface area (Å²) in [5.74, 6) is -1.48. The summed E-state index contributed by atoms with van der Waals surface area (Å²) in [6.45, 7) is -0.301. The molecular weight excluding hydrogens is 330 g/mol. The fourth-order valence-corrected chi connectivity index (χ4v) is 2.47. The van der Waals surface area contributed by atoms with Gasteiger partial charge in [-0.25, -0.2) is 4.79 Å². The van der Waals surface area contributed by atoms with Crippen LogP contribution < -0.4 is 16.4 Å². The molecule has 5 N–H and O–H groups in total. The van der Waals surface area contributed by atoms with E-state index in [1.165, 1.54) is 11.8 Å². The van der Waals surface area contributed by atoms with Crippen molar-refractivity contribution < 1.29 is 19.5 Å². The van der Waals surface area contributed by atoms with E-state index in [1.54, 1.807) is 0 Å². The Hall–Kier alpha value is -2.06. The van der Waals surface area contributed by atoms with Gasteiger partial charge in [-0.05, 0) is 30.4 Å². The highest BCUT2D eigenvalue weighted by Gasteiger charge is 2.20. The average Bonchev–Trinajstić information content (AvgIpc) is 2.57. The van der Waals surface area contributed by atoms with Crippen molar-refractivity contribution in [3.63, 3.8) is 0 Å². The lowest BCUT2D eigenvalue weighted by Gasteiger charge is -2.15. The van der Waals surface area contributed by atoms with E-state index in [9.17, 15) is 14.4 Å². The van der Waals surface area contributed by atoms with Gasteiger partial charge in [0.05, 0.1) is 12.6 Å². The van der Waals surface area contributed by atoms with Crippen LogP contribution in [0.15, 0.2) is 30.3 Å². The zero-order valence-corrected chi connectivity index (χ0v) is 14.3. The largest absolute Gasteiger partial charge is 0.480 e. The summed E-state index contributed by atoms with van der Waals surface area (Å²) in [5, 5.41) is 13.9. The van der Waals surface area contributed by atoms with Crippen molar-refractivity contribution in [2.75, 3.05) is 18.6 Å². The van der Waals surface area contributed by atoms with E-state index in [0.717, 1.165) is 5.56 Å². The summed E-state index contributed by atoms with van der Waals surface area (Å²) in [4.78, 5) is 34.7. The molecule has 1 rings (SSSR count). The second kappa shape index (κ2) is 10.7. The van der Waals surface area contributed by atoms with Gasteiger partial charge in [0.1, 0.15) is 6.04 Å². The van der Waals surface area contributed by atoms with Crippen LogP contribution in [0.3, 0.4) is 0 Å². The molecule has 2 atom stereocenters. The number of thioether (sulfide) groups is 1. The fourth-order valence-electron chi connectivity index (χ4n) is 2.00. The minimum Gasteiger partial charge on any atom is -0.480 e. The molecule has 24 heavy (non-hydrogen) atoms. The second-order valence-electron chi connectivity index (χ2n) is 5.25. The van der Waals surface area contributed by atoms with Gasteiger partial charge in [0.25, 0.3) is 0 Å². The lowest BCUT2D eigenvalue weighted by Crippen LogP contribution is -2.49. The lowest BCUT2D eigenvalue weighted by molar-refractivity contribution is -0.141. The normalized spacial score (nSPS) is 12.9. The lowest BCUT2D eigenvalue weighted by atomic mass is 10.1. The van der Waals surface area contributed by atoms with Crippen LogP contribution >= 0.6 is 11.8 Å². The number of aliphatic carboxylic acids is 1. The Bertz CT molecular complexity index is 554. The Morgan fingerprint density at radius 1 is 1.25 bits per heavy atom. The molecule has 1 aromatic carbocycles. The zero-order chi connectivity index (χ0) is 17.9. The van der Waals surface area contributed by atoms with Crippen LogP contribution in [0.25, 0.3) is 0 Å². The molecule has 2 amide bonds. The van der Waals surface area contributed by atoms with Crippen molar-refractivity contribution in [1.82, 2.24) is 10.6 Å². The van der Waals surface area contributed by atoms with E-state index in [2.05, 4.69) is 10.6 Å². The molecular formula is C16H23N3O4S. The average molecular weight is 353 g/mol. The number of carbonyl (C=O) groups excluding carboxylic acids is 2. The van der Waals surface area contributed by atoms with Crippen LogP contribution in [0.1, 0.15) is 12.0 Å².